The minimum Gasteiger partial charge on any atom is -0.396 e. The van der Waals surface area contributed by atoms with Crippen molar-refractivity contribution in [3.8, 4) is 0 Å². The highest BCUT2D eigenvalue weighted by Gasteiger charge is 2.28. The average Bonchev–Trinajstić information content (AvgIpc) is 2.47. The van der Waals surface area contributed by atoms with Gasteiger partial charge in [-0.15, -0.1) is 0 Å². The Morgan fingerprint density at radius 3 is 2.80 bits per heavy atom. The van der Waals surface area contributed by atoms with Crippen LogP contribution in [0.15, 0.2) is 0 Å². The van der Waals surface area contributed by atoms with Gasteiger partial charge in [0.15, 0.2) is 0 Å². The van der Waals surface area contributed by atoms with E-state index < -0.39 is 0 Å². The molecule has 2 N–H and O–H groups in total. The zero-order valence-corrected chi connectivity index (χ0v) is 12.8. The number of piperidine rings is 1. The van der Waals surface area contributed by atoms with Gasteiger partial charge in [0.05, 0.1) is 0 Å². The highest BCUT2D eigenvalue weighted by Crippen LogP contribution is 2.22. The first-order chi connectivity index (χ1) is 9.60. The molecular weight excluding hydrogens is 254 g/mol. The predicted molar refractivity (Wildman–Crippen MR) is 79.6 cm³/mol. The van der Waals surface area contributed by atoms with Crippen LogP contribution < -0.4 is 5.32 Å². The van der Waals surface area contributed by atoms with Crippen LogP contribution in [0.4, 0.5) is 4.79 Å². The third-order valence-corrected chi connectivity index (χ3v) is 4.77. The molecule has 1 heterocycles. The molecule has 1 saturated heterocycles. The molecule has 2 aliphatic rings. The smallest absolute Gasteiger partial charge is 0.317 e. The Balaban J connectivity index is 1.81. The second kappa shape index (κ2) is 7.27. The summed E-state index contributed by atoms with van der Waals surface area (Å²) in [5.41, 5.74) is 0. The highest BCUT2D eigenvalue weighted by molar-refractivity contribution is 5.74. The first-order valence-corrected chi connectivity index (χ1v) is 7.93. The second-order valence-electron chi connectivity index (χ2n) is 6.57. The van der Waals surface area contributed by atoms with E-state index in [-0.39, 0.29) is 18.6 Å². The van der Waals surface area contributed by atoms with E-state index in [0.717, 1.165) is 32.2 Å². The highest BCUT2D eigenvalue weighted by atomic mass is 16.3. The van der Waals surface area contributed by atoms with Gasteiger partial charge < -0.3 is 20.2 Å². The van der Waals surface area contributed by atoms with Crippen molar-refractivity contribution in [1.82, 2.24) is 15.1 Å². The Morgan fingerprint density at radius 1 is 1.30 bits per heavy atom. The van der Waals surface area contributed by atoms with Crippen molar-refractivity contribution >= 4 is 6.03 Å². The Labute approximate surface area is 122 Å². The van der Waals surface area contributed by atoms with Gasteiger partial charge in [0, 0.05) is 31.8 Å². The average molecular weight is 283 g/mol. The molecule has 0 aromatic heterocycles. The van der Waals surface area contributed by atoms with Gasteiger partial charge in [-0.3, -0.25) is 0 Å². The van der Waals surface area contributed by atoms with Crippen molar-refractivity contribution in [3.63, 3.8) is 0 Å². The fourth-order valence-corrected chi connectivity index (χ4v) is 3.43. The molecule has 2 amide bonds. The molecule has 3 unspecified atom stereocenters. The minimum atomic E-state index is 0.0626. The quantitative estimate of drug-likeness (QED) is 0.820. The Hall–Kier alpha value is -0.810. The molecule has 5 nitrogen and oxygen atoms in total. The van der Waals surface area contributed by atoms with Gasteiger partial charge in [-0.2, -0.15) is 0 Å². The molecule has 0 radical (unpaired) electrons. The molecule has 0 aromatic rings. The third-order valence-electron chi connectivity index (χ3n) is 4.77. The lowest BCUT2D eigenvalue weighted by Gasteiger charge is -2.36. The van der Waals surface area contributed by atoms with Gasteiger partial charge in [-0.25, -0.2) is 4.79 Å². The van der Waals surface area contributed by atoms with E-state index in [1.165, 1.54) is 12.8 Å². The zero-order valence-electron chi connectivity index (χ0n) is 12.8. The summed E-state index contributed by atoms with van der Waals surface area (Å²) in [6, 6.07) is 0.950. The predicted octanol–water partition coefficient (Wildman–Crippen LogP) is 1.27. The van der Waals surface area contributed by atoms with Crippen molar-refractivity contribution in [2.24, 2.45) is 5.92 Å². The molecule has 5 heteroatoms. The summed E-state index contributed by atoms with van der Waals surface area (Å²) in [6.07, 6.45) is 6.60. The Bertz CT molecular complexity index is 322. The van der Waals surface area contributed by atoms with Crippen LogP contribution in [0.3, 0.4) is 0 Å². The first kappa shape index (κ1) is 15.6. The molecule has 116 valence electrons. The number of carbonyl (C=O) groups is 1. The van der Waals surface area contributed by atoms with Crippen LogP contribution in [0.25, 0.3) is 0 Å². The number of aliphatic hydroxyl groups excluding tert-OH is 1. The van der Waals surface area contributed by atoms with Gasteiger partial charge in [0.25, 0.3) is 0 Å². The van der Waals surface area contributed by atoms with E-state index in [9.17, 15) is 9.90 Å². The lowest BCUT2D eigenvalue weighted by molar-refractivity contribution is 0.124. The van der Waals surface area contributed by atoms with Crippen LogP contribution in [0, 0.1) is 5.92 Å². The fraction of sp³-hybridized carbons (Fsp3) is 0.933. The van der Waals surface area contributed by atoms with Crippen molar-refractivity contribution in [3.05, 3.63) is 0 Å². The van der Waals surface area contributed by atoms with Gasteiger partial charge in [0.2, 0.25) is 0 Å². The molecular formula is C15H29N3O2. The first-order valence-electron chi connectivity index (χ1n) is 7.93. The SMILES string of the molecule is CN(C)C1CCCC(NC(=O)N2CCCC(CO)C2)C1. The van der Waals surface area contributed by atoms with Crippen molar-refractivity contribution in [2.75, 3.05) is 33.8 Å². The summed E-state index contributed by atoms with van der Waals surface area (Å²) < 4.78 is 0. The van der Waals surface area contributed by atoms with Gasteiger partial charge in [-0.1, -0.05) is 0 Å². The zero-order chi connectivity index (χ0) is 14.5. The molecule has 2 rings (SSSR count). The second-order valence-corrected chi connectivity index (χ2v) is 6.57. The number of rotatable bonds is 3. The molecule has 0 spiro atoms. The van der Waals surface area contributed by atoms with Gasteiger partial charge in [-0.05, 0) is 58.5 Å². The number of hydrogen-bond acceptors (Lipinski definition) is 3. The molecule has 0 bridgehead atoms. The van der Waals surface area contributed by atoms with E-state index >= 15 is 0 Å². The fourth-order valence-electron chi connectivity index (χ4n) is 3.43. The van der Waals surface area contributed by atoms with E-state index in [0.29, 0.717) is 18.6 Å². The van der Waals surface area contributed by atoms with E-state index in [1.54, 1.807) is 0 Å². The van der Waals surface area contributed by atoms with Crippen molar-refractivity contribution < 1.29 is 9.90 Å². The Kier molecular flexibility index (Phi) is 5.66. The number of nitrogens with zero attached hydrogens (tertiary/aromatic N) is 2. The number of aliphatic hydroxyl groups is 1. The van der Waals surface area contributed by atoms with Gasteiger partial charge in [0.1, 0.15) is 0 Å². The van der Waals surface area contributed by atoms with Crippen LogP contribution in [0.2, 0.25) is 0 Å². The lowest BCUT2D eigenvalue weighted by Crippen LogP contribution is -2.51. The summed E-state index contributed by atoms with van der Waals surface area (Å²) in [7, 11) is 4.23. The van der Waals surface area contributed by atoms with E-state index in [1.807, 2.05) is 4.90 Å². The maximum Gasteiger partial charge on any atom is 0.317 e. The van der Waals surface area contributed by atoms with Crippen LogP contribution in [-0.4, -0.2) is 66.8 Å². The maximum absolute atomic E-state index is 12.3. The molecule has 2 fully saturated rings. The van der Waals surface area contributed by atoms with Crippen LogP contribution in [0.1, 0.15) is 38.5 Å². The molecule has 1 aliphatic carbocycles. The molecule has 0 aromatic carbocycles. The summed E-state index contributed by atoms with van der Waals surface area (Å²) in [6.45, 7) is 1.72. The Morgan fingerprint density at radius 2 is 2.10 bits per heavy atom. The largest absolute Gasteiger partial charge is 0.396 e. The number of carbonyl (C=O) groups excluding carboxylic acids is 1. The molecule has 1 aliphatic heterocycles. The molecule has 3 atom stereocenters. The summed E-state index contributed by atoms with van der Waals surface area (Å²) in [4.78, 5) is 16.5. The molecule has 1 saturated carbocycles. The van der Waals surface area contributed by atoms with Crippen LogP contribution in [-0.2, 0) is 0 Å². The van der Waals surface area contributed by atoms with E-state index in [4.69, 9.17) is 0 Å². The topological polar surface area (TPSA) is 55.8 Å². The third kappa shape index (κ3) is 4.09. The number of likely N-dealkylation sites (tertiary alicyclic amines) is 1. The number of amides is 2. The van der Waals surface area contributed by atoms with Gasteiger partial charge >= 0.3 is 6.03 Å². The summed E-state index contributed by atoms with van der Waals surface area (Å²) in [5, 5.41) is 12.4. The standard InChI is InChI=1S/C15H29N3O2/c1-17(2)14-7-3-6-13(9-14)16-15(20)18-8-4-5-12(10-18)11-19/h12-14,19H,3-11H2,1-2H3,(H,16,20). The minimum absolute atomic E-state index is 0.0626. The monoisotopic (exact) mass is 283 g/mol. The number of urea groups is 1. The summed E-state index contributed by atoms with van der Waals surface area (Å²) >= 11 is 0. The van der Waals surface area contributed by atoms with Crippen LogP contribution >= 0.6 is 0 Å². The van der Waals surface area contributed by atoms with Crippen molar-refractivity contribution in [1.29, 1.82) is 0 Å². The van der Waals surface area contributed by atoms with E-state index in [2.05, 4.69) is 24.3 Å². The van der Waals surface area contributed by atoms with Crippen molar-refractivity contribution in [2.45, 2.75) is 50.6 Å². The molecule has 20 heavy (non-hydrogen) atoms. The van der Waals surface area contributed by atoms with Crippen LogP contribution in [0.5, 0.6) is 0 Å². The lowest BCUT2D eigenvalue weighted by atomic mass is 9.90. The maximum atomic E-state index is 12.3. The number of nitrogens with one attached hydrogen (secondary N) is 1. The normalized spacial score (nSPS) is 31.4. The number of hydrogen-bond donors (Lipinski definition) is 2. The summed E-state index contributed by atoms with van der Waals surface area (Å²) in [5.74, 6) is 0.260.